The second-order valence-electron chi connectivity index (χ2n) is 6.42. The average Bonchev–Trinajstić information content (AvgIpc) is 3.09. The van der Waals surface area contributed by atoms with Crippen LogP contribution in [-0.4, -0.2) is 17.5 Å². The predicted molar refractivity (Wildman–Crippen MR) is 102 cm³/mol. The van der Waals surface area contributed by atoms with Gasteiger partial charge in [-0.25, -0.2) is 0 Å². The smallest absolute Gasteiger partial charge is 0.358 e. The molecule has 26 heavy (non-hydrogen) atoms. The Hall–Kier alpha value is -1.95. The van der Waals surface area contributed by atoms with Gasteiger partial charge in [0.1, 0.15) is 0 Å². The summed E-state index contributed by atoms with van der Waals surface area (Å²) in [4.78, 5) is 4.44. The maximum atomic E-state index is 13.0. The average molecular weight is 378 g/mol. The molecule has 0 radical (unpaired) electrons. The van der Waals surface area contributed by atoms with Crippen LogP contribution >= 0.6 is 11.8 Å². The van der Waals surface area contributed by atoms with Crippen molar-refractivity contribution < 1.29 is 13.2 Å². The van der Waals surface area contributed by atoms with Crippen LogP contribution < -0.4 is 5.32 Å². The number of benzene rings is 2. The van der Waals surface area contributed by atoms with Gasteiger partial charge < -0.3 is 5.32 Å². The summed E-state index contributed by atoms with van der Waals surface area (Å²) in [5.74, 6) is 0.936. The lowest BCUT2D eigenvalue weighted by atomic mass is 9.92. The number of rotatable bonds is 4. The molecule has 0 aromatic heterocycles. The minimum Gasteiger partial charge on any atom is -0.358 e. The molecule has 1 aliphatic heterocycles. The van der Waals surface area contributed by atoms with E-state index in [1.807, 2.05) is 25.1 Å². The van der Waals surface area contributed by atoms with Gasteiger partial charge in [0.2, 0.25) is 0 Å². The molecule has 1 unspecified atom stereocenters. The summed E-state index contributed by atoms with van der Waals surface area (Å²) in [6.07, 6.45) is -3.86. The van der Waals surface area contributed by atoms with Crippen molar-refractivity contribution in [2.24, 2.45) is 4.99 Å². The Bertz CT molecular complexity index is 815. The summed E-state index contributed by atoms with van der Waals surface area (Å²) >= 11 is 1.65. The van der Waals surface area contributed by atoms with Gasteiger partial charge >= 0.3 is 6.18 Å². The molecule has 0 fully saturated rings. The van der Waals surface area contributed by atoms with Gasteiger partial charge in [0.05, 0.1) is 18.2 Å². The van der Waals surface area contributed by atoms with Crippen LogP contribution in [0.2, 0.25) is 0 Å². The highest BCUT2D eigenvalue weighted by atomic mass is 32.2. The molecule has 1 atom stereocenters. The van der Waals surface area contributed by atoms with Gasteiger partial charge in [-0.1, -0.05) is 48.2 Å². The molecule has 0 saturated heterocycles. The molecular formula is C20H21F3N2S. The first kappa shape index (κ1) is 18.8. The lowest BCUT2D eigenvalue weighted by molar-refractivity contribution is -0.137. The SMILES string of the molecule is Cc1cccc(C(Cc2cccc(C(F)(F)F)c2)NC2=NCCS2)c1C. The number of hydrogen-bond donors (Lipinski definition) is 1. The Kier molecular flexibility index (Phi) is 5.61. The lowest BCUT2D eigenvalue weighted by Crippen LogP contribution is -2.28. The van der Waals surface area contributed by atoms with E-state index in [0.717, 1.165) is 34.7 Å². The Morgan fingerprint density at radius 2 is 1.92 bits per heavy atom. The summed E-state index contributed by atoms with van der Waals surface area (Å²) in [7, 11) is 0. The van der Waals surface area contributed by atoms with E-state index < -0.39 is 11.7 Å². The standard InChI is InChI=1S/C20H21F3N2S/c1-13-5-3-8-17(14(13)2)18(25-19-24-9-10-26-19)12-15-6-4-7-16(11-15)20(21,22)23/h3-8,11,18H,9-10,12H2,1-2H3,(H,24,25). The van der Waals surface area contributed by atoms with Crippen LogP contribution in [0.4, 0.5) is 13.2 Å². The van der Waals surface area contributed by atoms with Crippen molar-refractivity contribution in [3.63, 3.8) is 0 Å². The third-order valence-electron chi connectivity index (χ3n) is 4.60. The van der Waals surface area contributed by atoms with Gasteiger partial charge in [-0.05, 0) is 48.6 Å². The zero-order valence-electron chi connectivity index (χ0n) is 14.7. The number of halogens is 3. The minimum absolute atomic E-state index is 0.122. The molecule has 0 spiro atoms. The Morgan fingerprint density at radius 3 is 2.62 bits per heavy atom. The van der Waals surface area contributed by atoms with Crippen molar-refractivity contribution in [2.75, 3.05) is 12.3 Å². The van der Waals surface area contributed by atoms with Crippen LogP contribution in [0.3, 0.4) is 0 Å². The molecule has 0 aliphatic carbocycles. The van der Waals surface area contributed by atoms with Crippen LogP contribution in [0, 0.1) is 13.8 Å². The van der Waals surface area contributed by atoms with Gasteiger partial charge in [0.25, 0.3) is 0 Å². The van der Waals surface area contributed by atoms with Crippen molar-refractivity contribution in [3.8, 4) is 0 Å². The van der Waals surface area contributed by atoms with E-state index in [0.29, 0.717) is 12.0 Å². The van der Waals surface area contributed by atoms with Crippen LogP contribution in [0.1, 0.15) is 33.9 Å². The van der Waals surface area contributed by atoms with Crippen LogP contribution in [-0.2, 0) is 12.6 Å². The number of hydrogen-bond acceptors (Lipinski definition) is 3. The number of nitrogens with one attached hydrogen (secondary N) is 1. The summed E-state index contributed by atoms with van der Waals surface area (Å²) in [5.41, 5.74) is 3.46. The molecule has 0 saturated carbocycles. The molecular weight excluding hydrogens is 357 g/mol. The third-order valence-corrected chi connectivity index (χ3v) is 5.51. The molecule has 1 N–H and O–H groups in total. The van der Waals surface area contributed by atoms with Gasteiger partial charge in [-0.15, -0.1) is 0 Å². The molecule has 0 amide bonds. The quantitative estimate of drug-likeness (QED) is 0.781. The minimum atomic E-state index is -4.33. The fourth-order valence-corrected chi connectivity index (χ4v) is 3.86. The van der Waals surface area contributed by atoms with E-state index in [1.165, 1.54) is 17.7 Å². The molecule has 1 heterocycles. The summed E-state index contributed by atoms with van der Waals surface area (Å²) in [6, 6.07) is 11.5. The van der Waals surface area contributed by atoms with Crippen molar-refractivity contribution in [2.45, 2.75) is 32.5 Å². The number of aryl methyl sites for hydroxylation is 1. The zero-order chi connectivity index (χ0) is 18.7. The highest BCUT2D eigenvalue weighted by Crippen LogP contribution is 2.31. The first-order valence-corrected chi connectivity index (χ1v) is 9.49. The molecule has 2 aromatic rings. The van der Waals surface area contributed by atoms with Crippen LogP contribution in [0.25, 0.3) is 0 Å². The van der Waals surface area contributed by atoms with Gasteiger partial charge in [-0.3, -0.25) is 4.99 Å². The number of aliphatic imine (C=N–C) groups is 1. The number of alkyl halides is 3. The Balaban J connectivity index is 1.92. The molecule has 1 aliphatic rings. The predicted octanol–water partition coefficient (Wildman–Crippen LogP) is 5.30. The first-order chi connectivity index (χ1) is 12.3. The van der Waals surface area contributed by atoms with E-state index in [1.54, 1.807) is 17.8 Å². The first-order valence-electron chi connectivity index (χ1n) is 8.50. The van der Waals surface area contributed by atoms with Gasteiger partial charge in [0.15, 0.2) is 5.17 Å². The Labute approximate surface area is 155 Å². The normalized spacial score (nSPS) is 15.7. The van der Waals surface area contributed by atoms with Gasteiger partial charge in [-0.2, -0.15) is 13.2 Å². The summed E-state index contributed by atoms with van der Waals surface area (Å²) in [6.45, 7) is 4.87. The summed E-state index contributed by atoms with van der Waals surface area (Å²) in [5, 5.41) is 4.30. The highest BCUT2D eigenvalue weighted by Gasteiger charge is 2.30. The van der Waals surface area contributed by atoms with Crippen molar-refractivity contribution in [1.29, 1.82) is 0 Å². The largest absolute Gasteiger partial charge is 0.416 e. The topological polar surface area (TPSA) is 24.4 Å². The van der Waals surface area contributed by atoms with E-state index in [4.69, 9.17) is 0 Å². The highest BCUT2D eigenvalue weighted by molar-refractivity contribution is 8.14. The number of nitrogens with zero attached hydrogens (tertiary/aromatic N) is 1. The van der Waals surface area contributed by atoms with Crippen LogP contribution in [0.15, 0.2) is 47.5 Å². The molecule has 2 aromatic carbocycles. The van der Waals surface area contributed by atoms with Gasteiger partial charge in [0, 0.05) is 5.75 Å². The van der Waals surface area contributed by atoms with Crippen molar-refractivity contribution >= 4 is 16.9 Å². The van der Waals surface area contributed by atoms with E-state index in [-0.39, 0.29) is 6.04 Å². The molecule has 138 valence electrons. The fourth-order valence-electron chi connectivity index (χ4n) is 3.07. The second-order valence-corrected chi connectivity index (χ2v) is 7.51. The second kappa shape index (κ2) is 7.74. The molecule has 3 rings (SSSR count). The number of amidine groups is 1. The van der Waals surface area contributed by atoms with Crippen molar-refractivity contribution in [1.82, 2.24) is 5.32 Å². The maximum Gasteiger partial charge on any atom is 0.416 e. The number of thioether (sulfide) groups is 1. The zero-order valence-corrected chi connectivity index (χ0v) is 15.5. The van der Waals surface area contributed by atoms with E-state index in [9.17, 15) is 13.2 Å². The lowest BCUT2D eigenvalue weighted by Gasteiger charge is -2.23. The summed E-state index contributed by atoms with van der Waals surface area (Å²) < 4.78 is 39.1. The van der Waals surface area contributed by atoms with E-state index in [2.05, 4.69) is 17.2 Å². The van der Waals surface area contributed by atoms with Crippen LogP contribution in [0.5, 0.6) is 0 Å². The maximum absolute atomic E-state index is 13.0. The Morgan fingerprint density at radius 1 is 1.15 bits per heavy atom. The fraction of sp³-hybridized carbons (Fsp3) is 0.350. The molecule has 0 bridgehead atoms. The monoisotopic (exact) mass is 378 g/mol. The van der Waals surface area contributed by atoms with Crippen molar-refractivity contribution in [3.05, 3.63) is 70.3 Å². The van der Waals surface area contributed by atoms with E-state index >= 15 is 0 Å². The molecule has 2 nitrogen and oxygen atoms in total. The third kappa shape index (κ3) is 4.41. The molecule has 6 heteroatoms.